The van der Waals surface area contributed by atoms with Gasteiger partial charge in [-0.3, -0.25) is 0 Å². The number of benzene rings is 1. The predicted octanol–water partition coefficient (Wildman–Crippen LogP) is 3.64. The average Bonchev–Trinajstić information content (AvgIpc) is 3.05. The Balaban J connectivity index is 1.43. The maximum absolute atomic E-state index is 4.81. The molecule has 3 aromatic rings. The van der Waals surface area contributed by atoms with Gasteiger partial charge in [0.1, 0.15) is 5.82 Å². The highest BCUT2D eigenvalue weighted by atomic mass is 32.1. The lowest BCUT2D eigenvalue weighted by Crippen LogP contribution is -2.27. The third kappa shape index (κ3) is 4.91. The van der Waals surface area contributed by atoms with Crippen LogP contribution in [0.15, 0.2) is 54.7 Å². The topological polar surface area (TPSA) is 53.1 Å². The molecule has 1 saturated heterocycles. The summed E-state index contributed by atoms with van der Waals surface area (Å²) in [4.78, 5) is 12.9. The molecule has 1 unspecified atom stereocenters. The van der Waals surface area contributed by atoms with E-state index < -0.39 is 0 Å². The number of thiazole rings is 1. The Labute approximate surface area is 164 Å². The summed E-state index contributed by atoms with van der Waals surface area (Å²) in [6.45, 7) is 4.34. The van der Waals surface area contributed by atoms with Crippen molar-refractivity contribution in [2.75, 3.05) is 38.5 Å². The highest BCUT2D eigenvalue weighted by Gasteiger charge is 2.16. The highest BCUT2D eigenvalue weighted by molar-refractivity contribution is 7.18. The molecule has 0 aliphatic carbocycles. The smallest absolute Gasteiger partial charge is 0.188 e. The molecule has 0 spiro atoms. The number of anilines is 2. The summed E-state index contributed by atoms with van der Waals surface area (Å²) in [5.74, 6) is 1.45. The Morgan fingerprint density at radius 1 is 1.19 bits per heavy atom. The van der Waals surface area contributed by atoms with E-state index >= 15 is 0 Å². The molecule has 1 fully saturated rings. The Morgan fingerprint density at radius 3 is 2.96 bits per heavy atom. The van der Waals surface area contributed by atoms with Crippen molar-refractivity contribution in [3.63, 3.8) is 0 Å². The van der Waals surface area contributed by atoms with Gasteiger partial charge in [-0.25, -0.2) is 9.97 Å². The van der Waals surface area contributed by atoms with Gasteiger partial charge in [-0.2, -0.15) is 0 Å². The van der Waals surface area contributed by atoms with Crippen LogP contribution in [0.1, 0.15) is 5.69 Å². The van der Waals surface area contributed by atoms with Gasteiger partial charge in [-0.15, -0.1) is 0 Å². The van der Waals surface area contributed by atoms with Crippen molar-refractivity contribution >= 4 is 22.3 Å². The monoisotopic (exact) mass is 379 g/mol. The molecule has 1 aliphatic heterocycles. The van der Waals surface area contributed by atoms with Crippen molar-refractivity contribution in [1.29, 1.82) is 0 Å². The minimum atomic E-state index is 0.588. The van der Waals surface area contributed by atoms with E-state index in [-0.39, 0.29) is 0 Å². The third-order valence-corrected chi connectivity index (χ3v) is 5.74. The minimum Gasteiger partial charge on any atom is -0.316 e. The van der Waals surface area contributed by atoms with Gasteiger partial charge in [0.2, 0.25) is 0 Å². The van der Waals surface area contributed by atoms with Gasteiger partial charge in [0, 0.05) is 31.5 Å². The molecule has 27 heavy (non-hydrogen) atoms. The molecule has 0 radical (unpaired) electrons. The Hall–Kier alpha value is -2.28. The van der Waals surface area contributed by atoms with Gasteiger partial charge in [-0.1, -0.05) is 47.7 Å². The molecular weight excluding hydrogens is 354 g/mol. The second-order valence-corrected chi connectivity index (χ2v) is 8.10. The molecule has 0 saturated carbocycles. The zero-order valence-corrected chi connectivity index (χ0v) is 16.4. The van der Waals surface area contributed by atoms with Gasteiger partial charge < -0.3 is 15.5 Å². The molecule has 6 heteroatoms. The number of pyridine rings is 1. The SMILES string of the molecule is CN1CCNCC(Cc2cccc(Nc3ncc(-c4ccccc4)s3)n2)C1. The maximum Gasteiger partial charge on any atom is 0.188 e. The molecule has 2 N–H and O–H groups in total. The molecule has 1 aliphatic rings. The van der Waals surface area contributed by atoms with Crippen molar-refractivity contribution in [2.24, 2.45) is 5.92 Å². The first-order valence-electron chi connectivity index (χ1n) is 9.40. The van der Waals surface area contributed by atoms with Crippen LogP contribution >= 0.6 is 11.3 Å². The molecule has 2 aromatic heterocycles. The second kappa shape index (κ2) is 8.61. The highest BCUT2D eigenvalue weighted by Crippen LogP contribution is 2.30. The molecule has 3 heterocycles. The van der Waals surface area contributed by atoms with E-state index in [1.165, 1.54) is 5.56 Å². The first-order valence-corrected chi connectivity index (χ1v) is 10.2. The summed E-state index contributed by atoms with van der Waals surface area (Å²) >= 11 is 1.65. The van der Waals surface area contributed by atoms with E-state index in [2.05, 4.69) is 51.8 Å². The van der Waals surface area contributed by atoms with Crippen LogP contribution in [0, 0.1) is 5.92 Å². The number of hydrogen-bond donors (Lipinski definition) is 2. The van der Waals surface area contributed by atoms with Crippen LogP contribution in [0.4, 0.5) is 10.9 Å². The Bertz CT molecular complexity index is 864. The van der Waals surface area contributed by atoms with Crippen LogP contribution in [0.3, 0.4) is 0 Å². The van der Waals surface area contributed by atoms with E-state index in [1.54, 1.807) is 11.3 Å². The standard InChI is InChI=1S/C21H25N5S/c1-26-11-10-22-13-16(15-26)12-18-8-5-9-20(24-18)25-21-23-14-19(27-21)17-6-3-2-4-7-17/h2-9,14,16,22H,10-13,15H2,1H3,(H,23,24,25). The maximum atomic E-state index is 4.81. The third-order valence-electron chi connectivity index (χ3n) is 4.78. The van der Waals surface area contributed by atoms with Crippen LogP contribution in [0.2, 0.25) is 0 Å². The zero-order chi connectivity index (χ0) is 18.5. The summed E-state index contributed by atoms with van der Waals surface area (Å²) in [5, 5.41) is 7.76. The van der Waals surface area contributed by atoms with Crippen molar-refractivity contribution in [2.45, 2.75) is 6.42 Å². The van der Waals surface area contributed by atoms with Crippen molar-refractivity contribution in [3.05, 3.63) is 60.4 Å². The number of hydrogen-bond acceptors (Lipinski definition) is 6. The van der Waals surface area contributed by atoms with Gasteiger partial charge in [0.25, 0.3) is 0 Å². The van der Waals surface area contributed by atoms with Gasteiger partial charge in [-0.05, 0) is 43.6 Å². The second-order valence-electron chi connectivity index (χ2n) is 7.07. The summed E-state index contributed by atoms with van der Waals surface area (Å²) < 4.78 is 0. The predicted molar refractivity (Wildman–Crippen MR) is 113 cm³/mol. The first-order chi connectivity index (χ1) is 13.3. The summed E-state index contributed by atoms with van der Waals surface area (Å²) in [6, 6.07) is 16.5. The summed E-state index contributed by atoms with van der Waals surface area (Å²) in [5.41, 5.74) is 2.32. The lowest BCUT2D eigenvalue weighted by atomic mass is 10.0. The molecule has 1 atom stereocenters. The van der Waals surface area contributed by atoms with E-state index in [0.717, 1.165) is 54.1 Å². The Morgan fingerprint density at radius 2 is 2.07 bits per heavy atom. The fourth-order valence-electron chi connectivity index (χ4n) is 3.45. The lowest BCUT2D eigenvalue weighted by molar-refractivity contribution is 0.308. The number of likely N-dealkylation sites (N-methyl/N-ethyl adjacent to an activating group) is 1. The van der Waals surface area contributed by atoms with Crippen molar-refractivity contribution in [1.82, 2.24) is 20.2 Å². The number of nitrogens with zero attached hydrogens (tertiary/aromatic N) is 3. The van der Waals surface area contributed by atoms with Gasteiger partial charge in [0.15, 0.2) is 5.13 Å². The summed E-state index contributed by atoms with van der Waals surface area (Å²) in [6.07, 6.45) is 2.90. The van der Waals surface area contributed by atoms with E-state index in [0.29, 0.717) is 5.92 Å². The van der Waals surface area contributed by atoms with Gasteiger partial charge >= 0.3 is 0 Å². The van der Waals surface area contributed by atoms with Gasteiger partial charge in [0.05, 0.1) is 4.88 Å². The van der Waals surface area contributed by atoms with Crippen molar-refractivity contribution < 1.29 is 0 Å². The fraction of sp³-hybridized carbons (Fsp3) is 0.333. The molecular formula is C21H25N5S. The van der Waals surface area contributed by atoms with Crippen LogP contribution in [0.25, 0.3) is 10.4 Å². The van der Waals surface area contributed by atoms with Crippen LogP contribution in [-0.4, -0.2) is 48.1 Å². The summed E-state index contributed by atoms with van der Waals surface area (Å²) in [7, 11) is 2.19. The largest absolute Gasteiger partial charge is 0.316 e. The molecule has 0 bridgehead atoms. The molecule has 140 valence electrons. The van der Waals surface area contributed by atoms with Crippen LogP contribution < -0.4 is 10.6 Å². The molecule has 1 aromatic carbocycles. The van der Waals surface area contributed by atoms with E-state index in [9.17, 15) is 0 Å². The molecule has 4 rings (SSSR count). The van der Waals surface area contributed by atoms with E-state index in [4.69, 9.17) is 4.98 Å². The fourth-order valence-corrected chi connectivity index (χ4v) is 4.27. The minimum absolute atomic E-state index is 0.588. The molecule has 5 nitrogen and oxygen atoms in total. The average molecular weight is 380 g/mol. The normalized spacial score (nSPS) is 18.2. The zero-order valence-electron chi connectivity index (χ0n) is 15.6. The van der Waals surface area contributed by atoms with Crippen LogP contribution in [0.5, 0.6) is 0 Å². The first kappa shape index (κ1) is 18.1. The lowest BCUT2D eigenvalue weighted by Gasteiger charge is -2.19. The van der Waals surface area contributed by atoms with Crippen LogP contribution in [-0.2, 0) is 6.42 Å². The number of rotatable bonds is 5. The number of aromatic nitrogens is 2. The molecule has 0 amide bonds. The van der Waals surface area contributed by atoms with E-state index in [1.807, 2.05) is 30.5 Å². The Kier molecular flexibility index (Phi) is 5.77. The van der Waals surface area contributed by atoms with Crippen molar-refractivity contribution in [3.8, 4) is 10.4 Å². The quantitative estimate of drug-likeness (QED) is 0.709. The number of nitrogens with one attached hydrogen (secondary N) is 2.